The first-order valence-electron chi connectivity index (χ1n) is 8.43. The average Bonchev–Trinajstić information content (AvgIpc) is 2.68. The number of fused-ring (bicyclic) bond motifs is 1. The number of carbonyl (C=O) groups is 3. The highest BCUT2D eigenvalue weighted by atomic mass is 16.5. The van der Waals surface area contributed by atoms with Crippen molar-refractivity contribution in [3.63, 3.8) is 0 Å². The van der Waals surface area contributed by atoms with Gasteiger partial charge < -0.3 is 20.7 Å². The zero-order valence-electron chi connectivity index (χ0n) is 14.8. The van der Waals surface area contributed by atoms with Crippen LogP contribution < -0.4 is 20.9 Å². The van der Waals surface area contributed by atoms with Crippen LogP contribution in [0.5, 0.6) is 0 Å². The first-order chi connectivity index (χ1) is 13.1. The van der Waals surface area contributed by atoms with Crippen molar-refractivity contribution in [2.45, 2.75) is 0 Å². The molecule has 0 radical (unpaired) electrons. The van der Waals surface area contributed by atoms with E-state index in [-0.39, 0.29) is 18.4 Å². The maximum atomic E-state index is 12.6. The maximum Gasteiger partial charge on any atom is 0.326 e. The molecule has 8 nitrogen and oxygen atoms in total. The minimum absolute atomic E-state index is 0.0666. The molecule has 0 atom stereocenters. The van der Waals surface area contributed by atoms with Crippen molar-refractivity contribution in [3.05, 3.63) is 54.1 Å². The summed E-state index contributed by atoms with van der Waals surface area (Å²) in [6, 6.07) is 13.2. The Kier molecular flexibility index (Phi) is 5.68. The first-order valence-corrected chi connectivity index (χ1v) is 8.43. The fraction of sp³-hybridized carbons (Fsp3) is 0.211. The molecular formula is C19H20N4O4. The molecule has 2 aromatic carbocycles. The first kappa shape index (κ1) is 18.4. The molecule has 3 N–H and O–H groups in total. The van der Waals surface area contributed by atoms with Crippen LogP contribution in [-0.4, -0.2) is 44.7 Å². The third-order valence-corrected chi connectivity index (χ3v) is 4.01. The van der Waals surface area contributed by atoms with Gasteiger partial charge in [-0.2, -0.15) is 0 Å². The number of ether oxygens (including phenoxy) is 1. The molecule has 0 unspecified atom stereocenters. The summed E-state index contributed by atoms with van der Waals surface area (Å²) >= 11 is 0. The molecule has 0 saturated carbocycles. The summed E-state index contributed by atoms with van der Waals surface area (Å²) < 4.78 is 4.89. The second-order valence-corrected chi connectivity index (χ2v) is 5.91. The average molecular weight is 368 g/mol. The summed E-state index contributed by atoms with van der Waals surface area (Å²) in [6.07, 6.45) is 0. The molecule has 27 heavy (non-hydrogen) atoms. The summed E-state index contributed by atoms with van der Waals surface area (Å²) in [4.78, 5) is 37.8. The van der Waals surface area contributed by atoms with Crippen molar-refractivity contribution in [1.82, 2.24) is 5.32 Å². The Balaban J connectivity index is 1.66. The highest BCUT2D eigenvalue weighted by molar-refractivity contribution is 6.12. The molecule has 0 bridgehead atoms. The Morgan fingerprint density at radius 1 is 1.15 bits per heavy atom. The summed E-state index contributed by atoms with van der Waals surface area (Å²) in [7, 11) is 1.56. The Morgan fingerprint density at radius 3 is 2.63 bits per heavy atom. The zero-order chi connectivity index (χ0) is 19.2. The van der Waals surface area contributed by atoms with Gasteiger partial charge in [0.2, 0.25) is 5.91 Å². The molecule has 1 aliphatic rings. The standard InChI is InChI=1S/C19H20N4O4/c1-27-11-10-20-18(25)13-6-8-14(9-7-13)21-19(26)23-12-17(24)22-15-4-2-3-5-16(15)23/h2-9H,10-12H2,1H3,(H,20,25)(H,21,26)(H,22,24). The number of anilines is 3. The van der Waals surface area contributed by atoms with Crippen LogP contribution >= 0.6 is 0 Å². The topological polar surface area (TPSA) is 99.8 Å². The fourth-order valence-corrected chi connectivity index (χ4v) is 2.68. The van der Waals surface area contributed by atoms with E-state index in [0.29, 0.717) is 35.8 Å². The molecule has 3 rings (SSSR count). The lowest BCUT2D eigenvalue weighted by Gasteiger charge is -2.29. The number of benzene rings is 2. The number of hydrogen-bond donors (Lipinski definition) is 3. The van der Waals surface area contributed by atoms with Crippen LogP contribution in [0.2, 0.25) is 0 Å². The van der Waals surface area contributed by atoms with E-state index in [4.69, 9.17) is 4.74 Å². The van der Waals surface area contributed by atoms with Crippen molar-refractivity contribution < 1.29 is 19.1 Å². The van der Waals surface area contributed by atoms with Gasteiger partial charge in [-0.05, 0) is 36.4 Å². The summed E-state index contributed by atoms with van der Waals surface area (Å²) in [6.45, 7) is 0.790. The van der Waals surface area contributed by atoms with Crippen LogP contribution in [0, 0.1) is 0 Å². The van der Waals surface area contributed by atoms with Crippen LogP contribution in [0.25, 0.3) is 0 Å². The van der Waals surface area contributed by atoms with E-state index in [1.54, 1.807) is 55.6 Å². The van der Waals surface area contributed by atoms with E-state index in [2.05, 4.69) is 16.0 Å². The second kappa shape index (κ2) is 8.33. The predicted octanol–water partition coefficient (Wildman–Crippen LogP) is 2.05. The van der Waals surface area contributed by atoms with Gasteiger partial charge in [0.05, 0.1) is 18.0 Å². The van der Waals surface area contributed by atoms with Gasteiger partial charge in [0.1, 0.15) is 6.54 Å². The van der Waals surface area contributed by atoms with Gasteiger partial charge in [0.25, 0.3) is 5.91 Å². The third-order valence-electron chi connectivity index (χ3n) is 4.01. The molecule has 0 spiro atoms. The van der Waals surface area contributed by atoms with E-state index < -0.39 is 6.03 Å². The number of methoxy groups -OCH3 is 1. The Bertz CT molecular complexity index is 851. The zero-order valence-corrected chi connectivity index (χ0v) is 14.8. The molecule has 0 fully saturated rings. The smallest absolute Gasteiger partial charge is 0.326 e. The number of urea groups is 1. The predicted molar refractivity (Wildman–Crippen MR) is 102 cm³/mol. The second-order valence-electron chi connectivity index (χ2n) is 5.91. The van der Waals surface area contributed by atoms with Crippen molar-refractivity contribution in [2.24, 2.45) is 0 Å². The number of nitrogens with one attached hydrogen (secondary N) is 3. The van der Waals surface area contributed by atoms with Crippen LogP contribution in [0.1, 0.15) is 10.4 Å². The van der Waals surface area contributed by atoms with Crippen molar-refractivity contribution >= 4 is 34.9 Å². The van der Waals surface area contributed by atoms with Gasteiger partial charge in [0, 0.05) is 24.9 Å². The van der Waals surface area contributed by atoms with Gasteiger partial charge >= 0.3 is 6.03 Å². The van der Waals surface area contributed by atoms with E-state index in [9.17, 15) is 14.4 Å². The minimum Gasteiger partial charge on any atom is -0.383 e. The molecule has 8 heteroatoms. The van der Waals surface area contributed by atoms with Gasteiger partial charge in [-0.1, -0.05) is 12.1 Å². The van der Waals surface area contributed by atoms with Gasteiger partial charge in [-0.15, -0.1) is 0 Å². The molecular weight excluding hydrogens is 348 g/mol. The number of amides is 4. The van der Waals surface area contributed by atoms with Gasteiger partial charge in [0.15, 0.2) is 0 Å². The van der Waals surface area contributed by atoms with E-state index >= 15 is 0 Å². The molecule has 0 aliphatic carbocycles. The molecule has 4 amide bonds. The number of carbonyl (C=O) groups excluding carboxylic acids is 3. The normalized spacial score (nSPS) is 12.8. The summed E-state index contributed by atoms with van der Waals surface area (Å²) in [5.41, 5.74) is 2.22. The molecule has 2 aromatic rings. The monoisotopic (exact) mass is 368 g/mol. The number of hydrogen-bond acceptors (Lipinski definition) is 4. The Hall–Kier alpha value is -3.39. The molecule has 0 saturated heterocycles. The lowest BCUT2D eigenvalue weighted by molar-refractivity contribution is -0.115. The van der Waals surface area contributed by atoms with Crippen LogP contribution in [0.4, 0.5) is 21.9 Å². The van der Waals surface area contributed by atoms with Crippen LogP contribution in [0.15, 0.2) is 48.5 Å². The Morgan fingerprint density at radius 2 is 1.89 bits per heavy atom. The minimum atomic E-state index is -0.422. The highest BCUT2D eigenvalue weighted by Gasteiger charge is 2.26. The lowest BCUT2D eigenvalue weighted by Crippen LogP contribution is -2.44. The number of nitrogens with zero attached hydrogens (tertiary/aromatic N) is 1. The van der Waals surface area contributed by atoms with Crippen molar-refractivity contribution in [1.29, 1.82) is 0 Å². The van der Waals surface area contributed by atoms with Crippen LogP contribution in [-0.2, 0) is 9.53 Å². The maximum absolute atomic E-state index is 12.6. The quantitative estimate of drug-likeness (QED) is 0.703. The Labute approximate surface area is 156 Å². The van der Waals surface area contributed by atoms with Crippen molar-refractivity contribution in [2.75, 3.05) is 42.3 Å². The van der Waals surface area contributed by atoms with Crippen molar-refractivity contribution in [3.8, 4) is 0 Å². The van der Waals surface area contributed by atoms with Gasteiger partial charge in [-0.25, -0.2) is 4.79 Å². The number of para-hydroxylation sites is 2. The molecule has 140 valence electrons. The molecule has 0 aromatic heterocycles. The lowest BCUT2D eigenvalue weighted by atomic mass is 10.2. The summed E-state index contributed by atoms with van der Waals surface area (Å²) in [5, 5.41) is 8.21. The third kappa shape index (κ3) is 4.42. The fourth-order valence-electron chi connectivity index (χ4n) is 2.68. The largest absolute Gasteiger partial charge is 0.383 e. The van der Waals surface area contributed by atoms with E-state index in [1.807, 2.05) is 0 Å². The van der Waals surface area contributed by atoms with E-state index in [0.717, 1.165) is 0 Å². The number of rotatable bonds is 5. The SMILES string of the molecule is COCCNC(=O)c1ccc(NC(=O)N2CC(=O)Nc3ccccc32)cc1. The molecule has 1 heterocycles. The van der Waals surface area contributed by atoms with Gasteiger partial charge in [-0.3, -0.25) is 14.5 Å². The van der Waals surface area contributed by atoms with E-state index in [1.165, 1.54) is 4.90 Å². The van der Waals surface area contributed by atoms with Crippen LogP contribution in [0.3, 0.4) is 0 Å². The summed E-state index contributed by atoms with van der Waals surface area (Å²) in [5.74, 6) is -0.474. The molecule has 1 aliphatic heterocycles. The highest BCUT2D eigenvalue weighted by Crippen LogP contribution is 2.29.